The standard InChI is InChI=1S/C21H15ClN2O3/c22-19-12-17(24-21(25)26-14-16-4-2-1-3-5-16)8-11-20(19)27-18-9-6-15(13-23)7-10-18/h1-12H,14H2,(H,24,25). The molecule has 27 heavy (non-hydrogen) atoms. The van der Waals surface area contributed by atoms with E-state index in [0.717, 1.165) is 5.56 Å². The molecule has 0 aliphatic carbocycles. The van der Waals surface area contributed by atoms with E-state index in [0.29, 0.717) is 27.8 Å². The summed E-state index contributed by atoms with van der Waals surface area (Å²) in [6, 6.07) is 23.0. The van der Waals surface area contributed by atoms with Gasteiger partial charge in [-0.15, -0.1) is 0 Å². The number of rotatable bonds is 5. The zero-order chi connectivity index (χ0) is 19.1. The van der Waals surface area contributed by atoms with Gasteiger partial charge in [0.15, 0.2) is 0 Å². The zero-order valence-electron chi connectivity index (χ0n) is 14.2. The Labute approximate surface area is 161 Å². The van der Waals surface area contributed by atoms with Gasteiger partial charge >= 0.3 is 6.09 Å². The van der Waals surface area contributed by atoms with E-state index < -0.39 is 6.09 Å². The highest BCUT2D eigenvalue weighted by atomic mass is 35.5. The summed E-state index contributed by atoms with van der Waals surface area (Å²) in [5.41, 5.74) is 1.93. The van der Waals surface area contributed by atoms with Crippen molar-refractivity contribution in [2.75, 3.05) is 5.32 Å². The summed E-state index contributed by atoms with van der Waals surface area (Å²) in [6.07, 6.45) is -0.573. The summed E-state index contributed by atoms with van der Waals surface area (Å²) >= 11 is 6.22. The lowest BCUT2D eigenvalue weighted by molar-refractivity contribution is 0.155. The molecule has 6 heteroatoms. The van der Waals surface area contributed by atoms with E-state index in [4.69, 9.17) is 26.3 Å². The first-order chi connectivity index (χ1) is 13.1. The maximum atomic E-state index is 11.9. The number of halogens is 1. The Morgan fingerprint density at radius 2 is 1.78 bits per heavy atom. The SMILES string of the molecule is N#Cc1ccc(Oc2ccc(NC(=O)OCc3ccccc3)cc2Cl)cc1. The van der Waals surface area contributed by atoms with Gasteiger partial charge in [-0.2, -0.15) is 5.26 Å². The minimum Gasteiger partial charge on any atom is -0.456 e. The molecule has 0 fully saturated rings. The predicted octanol–water partition coefficient (Wildman–Crippen LogP) is 5.75. The highest BCUT2D eigenvalue weighted by Crippen LogP contribution is 2.31. The van der Waals surface area contributed by atoms with Crippen molar-refractivity contribution in [3.63, 3.8) is 0 Å². The number of nitrogens with one attached hydrogen (secondary N) is 1. The Kier molecular flexibility index (Phi) is 5.93. The second-order valence-electron chi connectivity index (χ2n) is 5.57. The van der Waals surface area contributed by atoms with Crippen LogP contribution in [-0.4, -0.2) is 6.09 Å². The van der Waals surface area contributed by atoms with Crippen LogP contribution in [0.3, 0.4) is 0 Å². The zero-order valence-corrected chi connectivity index (χ0v) is 14.9. The lowest BCUT2D eigenvalue weighted by atomic mass is 10.2. The monoisotopic (exact) mass is 378 g/mol. The number of carbonyl (C=O) groups is 1. The van der Waals surface area contributed by atoms with E-state index in [2.05, 4.69) is 5.32 Å². The van der Waals surface area contributed by atoms with Crippen LogP contribution in [0.2, 0.25) is 5.02 Å². The van der Waals surface area contributed by atoms with Crippen molar-refractivity contribution in [3.05, 3.63) is 88.9 Å². The Hall–Kier alpha value is -3.49. The molecule has 134 valence electrons. The predicted molar refractivity (Wildman–Crippen MR) is 103 cm³/mol. The Bertz CT molecular complexity index is 967. The average molecular weight is 379 g/mol. The van der Waals surface area contributed by atoms with E-state index in [1.807, 2.05) is 36.4 Å². The van der Waals surface area contributed by atoms with Gasteiger partial charge in [-0.1, -0.05) is 41.9 Å². The van der Waals surface area contributed by atoms with Gasteiger partial charge in [0.1, 0.15) is 18.1 Å². The first kappa shape index (κ1) is 18.3. The maximum Gasteiger partial charge on any atom is 0.411 e. The first-order valence-corrected chi connectivity index (χ1v) is 8.47. The van der Waals surface area contributed by atoms with Crippen molar-refractivity contribution in [2.45, 2.75) is 6.61 Å². The number of hydrogen-bond acceptors (Lipinski definition) is 4. The molecule has 0 saturated carbocycles. The largest absolute Gasteiger partial charge is 0.456 e. The summed E-state index contributed by atoms with van der Waals surface area (Å²) in [5, 5.41) is 11.8. The number of carbonyl (C=O) groups excluding carboxylic acids is 1. The third-order valence-electron chi connectivity index (χ3n) is 3.60. The van der Waals surface area contributed by atoms with Gasteiger partial charge in [0.25, 0.3) is 0 Å². The van der Waals surface area contributed by atoms with Crippen LogP contribution in [0.5, 0.6) is 11.5 Å². The molecule has 0 bridgehead atoms. The van der Waals surface area contributed by atoms with E-state index >= 15 is 0 Å². The van der Waals surface area contributed by atoms with Crippen molar-refractivity contribution < 1.29 is 14.3 Å². The molecule has 0 unspecified atom stereocenters. The number of amides is 1. The molecule has 0 saturated heterocycles. The fraction of sp³-hybridized carbons (Fsp3) is 0.0476. The molecule has 1 N–H and O–H groups in total. The lowest BCUT2D eigenvalue weighted by Gasteiger charge is -2.10. The first-order valence-electron chi connectivity index (χ1n) is 8.09. The molecule has 0 spiro atoms. The Morgan fingerprint density at radius 3 is 2.44 bits per heavy atom. The van der Waals surface area contributed by atoms with Crippen molar-refractivity contribution in [3.8, 4) is 17.6 Å². The van der Waals surface area contributed by atoms with Crippen LogP contribution in [0, 0.1) is 11.3 Å². The fourth-order valence-electron chi connectivity index (χ4n) is 2.26. The van der Waals surface area contributed by atoms with Crippen LogP contribution in [0.4, 0.5) is 10.5 Å². The van der Waals surface area contributed by atoms with Gasteiger partial charge in [-0.3, -0.25) is 5.32 Å². The maximum absolute atomic E-state index is 11.9. The highest BCUT2D eigenvalue weighted by Gasteiger charge is 2.08. The number of hydrogen-bond donors (Lipinski definition) is 1. The van der Waals surface area contributed by atoms with Crippen LogP contribution in [-0.2, 0) is 11.3 Å². The topological polar surface area (TPSA) is 71.3 Å². The second-order valence-corrected chi connectivity index (χ2v) is 5.98. The minimum absolute atomic E-state index is 0.181. The third kappa shape index (κ3) is 5.24. The molecular weight excluding hydrogens is 364 g/mol. The Balaban J connectivity index is 1.58. The van der Waals surface area contributed by atoms with Crippen LogP contribution < -0.4 is 10.1 Å². The third-order valence-corrected chi connectivity index (χ3v) is 3.90. The summed E-state index contributed by atoms with van der Waals surface area (Å²) in [4.78, 5) is 11.9. The van der Waals surface area contributed by atoms with Gasteiger partial charge in [0, 0.05) is 5.69 Å². The van der Waals surface area contributed by atoms with Gasteiger partial charge < -0.3 is 9.47 Å². The average Bonchev–Trinajstić information content (AvgIpc) is 2.70. The van der Waals surface area contributed by atoms with E-state index in [9.17, 15) is 4.79 Å². The smallest absolute Gasteiger partial charge is 0.411 e. The number of ether oxygens (including phenoxy) is 2. The molecule has 1 amide bonds. The minimum atomic E-state index is -0.573. The van der Waals surface area contributed by atoms with Gasteiger partial charge in [0.05, 0.1) is 16.7 Å². The molecule has 3 aromatic carbocycles. The molecule has 0 aliphatic heterocycles. The second kappa shape index (κ2) is 8.75. The molecule has 0 atom stereocenters. The summed E-state index contributed by atoms with van der Waals surface area (Å²) < 4.78 is 10.9. The molecule has 0 radical (unpaired) electrons. The summed E-state index contributed by atoms with van der Waals surface area (Å²) in [6.45, 7) is 0.181. The van der Waals surface area contributed by atoms with Crippen molar-refractivity contribution >= 4 is 23.4 Å². The fourth-order valence-corrected chi connectivity index (χ4v) is 2.48. The Morgan fingerprint density at radius 1 is 1.04 bits per heavy atom. The highest BCUT2D eigenvalue weighted by molar-refractivity contribution is 6.32. The number of benzene rings is 3. The van der Waals surface area contributed by atoms with Crippen LogP contribution in [0.1, 0.15) is 11.1 Å². The lowest BCUT2D eigenvalue weighted by Crippen LogP contribution is -2.13. The van der Waals surface area contributed by atoms with Gasteiger partial charge in [-0.25, -0.2) is 4.79 Å². The van der Waals surface area contributed by atoms with E-state index in [1.165, 1.54) is 0 Å². The summed E-state index contributed by atoms with van der Waals surface area (Å²) in [7, 11) is 0. The van der Waals surface area contributed by atoms with Gasteiger partial charge in [0.2, 0.25) is 0 Å². The van der Waals surface area contributed by atoms with Gasteiger partial charge in [-0.05, 0) is 48.0 Å². The molecule has 3 rings (SSSR count). The normalized spacial score (nSPS) is 9.93. The molecule has 0 aliphatic rings. The quantitative estimate of drug-likeness (QED) is 0.613. The number of nitriles is 1. The summed E-state index contributed by atoms with van der Waals surface area (Å²) in [5.74, 6) is 0.989. The molecule has 0 aromatic heterocycles. The van der Waals surface area contributed by atoms with E-state index in [1.54, 1.807) is 42.5 Å². The molecule has 0 heterocycles. The number of nitrogens with zero attached hydrogens (tertiary/aromatic N) is 1. The van der Waals surface area contributed by atoms with Crippen LogP contribution in [0.15, 0.2) is 72.8 Å². The molecule has 5 nitrogen and oxygen atoms in total. The van der Waals surface area contributed by atoms with Crippen LogP contribution >= 0.6 is 11.6 Å². The van der Waals surface area contributed by atoms with E-state index in [-0.39, 0.29) is 6.61 Å². The van der Waals surface area contributed by atoms with Crippen molar-refractivity contribution in [1.29, 1.82) is 5.26 Å². The molecular formula is C21H15ClN2O3. The van der Waals surface area contributed by atoms with Crippen LogP contribution in [0.25, 0.3) is 0 Å². The molecule has 3 aromatic rings. The van der Waals surface area contributed by atoms with Crippen molar-refractivity contribution in [2.24, 2.45) is 0 Å². The van der Waals surface area contributed by atoms with Crippen molar-refractivity contribution in [1.82, 2.24) is 0 Å². The number of anilines is 1.